The summed E-state index contributed by atoms with van der Waals surface area (Å²) < 4.78 is 16.7. The highest BCUT2D eigenvalue weighted by molar-refractivity contribution is 8.19. The van der Waals surface area contributed by atoms with Crippen molar-refractivity contribution in [2.24, 2.45) is 9.98 Å². The molecule has 53 heavy (non-hydrogen) atoms. The standard InChI is InChI=1S/C42H34N4O5S2/c1-43-41-46(40(48)37(52-41)25-28-12-18-34(49-2)19-13-28)33-11-7-8-30(24-33)27-51-36-22-16-31(17-23-36)44-42-45(32-9-5-4-6-10-32)39(47)38(53-42)26-29-14-20-35(50-3)21-15-29/h4-26H,27H2,1-3H3/b37-25-,38-26-,43-41-,44-42-. The first-order chi connectivity index (χ1) is 25.9. The predicted octanol–water partition coefficient (Wildman–Crippen LogP) is 9.20. The number of benzene rings is 5. The Bertz CT molecular complexity index is 2250. The maximum atomic E-state index is 13.7. The van der Waals surface area contributed by atoms with Crippen LogP contribution < -0.4 is 24.0 Å². The Kier molecular flexibility index (Phi) is 10.7. The number of carbonyl (C=O) groups is 2. The third-order valence-corrected chi connectivity index (χ3v) is 10.3. The van der Waals surface area contributed by atoms with Crippen molar-refractivity contribution in [3.8, 4) is 17.2 Å². The number of methoxy groups -OCH3 is 2. The highest BCUT2D eigenvalue weighted by Gasteiger charge is 2.35. The number of aliphatic imine (C=N–C) groups is 2. The molecule has 7 rings (SSSR count). The molecule has 2 amide bonds. The summed E-state index contributed by atoms with van der Waals surface area (Å²) in [5, 5.41) is 1.15. The van der Waals surface area contributed by atoms with Crippen molar-refractivity contribution in [2.45, 2.75) is 6.61 Å². The molecule has 5 aromatic carbocycles. The van der Waals surface area contributed by atoms with E-state index in [-0.39, 0.29) is 18.4 Å². The van der Waals surface area contributed by atoms with E-state index in [1.54, 1.807) is 31.1 Å². The molecule has 0 radical (unpaired) electrons. The minimum atomic E-state index is -0.144. The topological polar surface area (TPSA) is 93.0 Å². The van der Waals surface area contributed by atoms with Crippen LogP contribution in [0, 0.1) is 0 Å². The summed E-state index contributed by atoms with van der Waals surface area (Å²) in [6.07, 6.45) is 3.73. The summed E-state index contributed by atoms with van der Waals surface area (Å²) in [7, 11) is 4.93. The summed E-state index contributed by atoms with van der Waals surface area (Å²) >= 11 is 2.67. The average Bonchev–Trinajstić information content (AvgIpc) is 3.68. The molecule has 0 saturated carbocycles. The molecule has 264 valence electrons. The van der Waals surface area contributed by atoms with Crippen LogP contribution in [0.25, 0.3) is 12.2 Å². The van der Waals surface area contributed by atoms with Gasteiger partial charge in [0.2, 0.25) is 0 Å². The Morgan fingerprint density at radius 2 is 1.13 bits per heavy atom. The van der Waals surface area contributed by atoms with Crippen molar-refractivity contribution >= 4 is 74.9 Å². The Morgan fingerprint density at radius 3 is 1.70 bits per heavy atom. The Labute approximate surface area is 316 Å². The fraction of sp³-hybridized carbons (Fsp3) is 0.0952. The summed E-state index contributed by atoms with van der Waals surface area (Å²) in [6, 6.07) is 39.7. The fourth-order valence-corrected chi connectivity index (χ4v) is 7.53. The molecule has 2 saturated heterocycles. The summed E-state index contributed by atoms with van der Waals surface area (Å²) in [4.78, 5) is 40.9. The Morgan fingerprint density at radius 1 is 0.604 bits per heavy atom. The van der Waals surface area contributed by atoms with Gasteiger partial charge in [0.05, 0.1) is 41.1 Å². The van der Waals surface area contributed by atoms with E-state index in [2.05, 4.69) is 4.99 Å². The average molecular weight is 739 g/mol. The lowest BCUT2D eigenvalue weighted by Crippen LogP contribution is -2.28. The van der Waals surface area contributed by atoms with Gasteiger partial charge in [0.1, 0.15) is 23.9 Å². The Hall–Kier alpha value is -6.04. The van der Waals surface area contributed by atoms with Crippen LogP contribution in [-0.2, 0) is 16.2 Å². The number of hydrogen-bond donors (Lipinski definition) is 0. The van der Waals surface area contributed by atoms with Gasteiger partial charge in [-0.3, -0.25) is 24.4 Å². The number of amides is 2. The zero-order valence-electron chi connectivity index (χ0n) is 29.1. The smallest absolute Gasteiger partial charge is 0.271 e. The highest BCUT2D eigenvalue weighted by Crippen LogP contribution is 2.39. The van der Waals surface area contributed by atoms with E-state index in [4.69, 9.17) is 19.2 Å². The van der Waals surface area contributed by atoms with E-state index in [9.17, 15) is 9.59 Å². The normalized spacial score (nSPS) is 17.4. The van der Waals surface area contributed by atoms with Crippen molar-refractivity contribution in [1.82, 2.24) is 0 Å². The van der Waals surface area contributed by atoms with Gasteiger partial charge in [-0.15, -0.1) is 0 Å². The molecule has 0 atom stereocenters. The molecule has 2 aliphatic heterocycles. The SMILES string of the molecule is C/N=C1\S/C(=C\c2ccc(OC)cc2)C(=O)N1c1cccc(COc2ccc(/N=C3\S/C(=C\c4ccc(OC)cc4)C(=O)N3c3ccccc3)cc2)c1. The van der Waals surface area contributed by atoms with Crippen molar-refractivity contribution in [2.75, 3.05) is 31.1 Å². The van der Waals surface area contributed by atoms with Gasteiger partial charge in [0.15, 0.2) is 10.3 Å². The number of para-hydroxylation sites is 1. The minimum absolute atomic E-state index is 0.141. The molecule has 9 nitrogen and oxygen atoms in total. The zero-order chi connectivity index (χ0) is 36.7. The van der Waals surface area contributed by atoms with Crippen molar-refractivity contribution in [3.63, 3.8) is 0 Å². The molecular weight excluding hydrogens is 705 g/mol. The molecule has 11 heteroatoms. The first-order valence-electron chi connectivity index (χ1n) is 16.6. The van der Waals surface area contributed by atoms with E-state index in [1.165, 1.54) is 23.5 Å². The first kappa shape index (κ1) is 35.4. The third-order valence-electron chi connectivity index (χ3n) is 8.28. The van der Waals surface area contributed by atoms with E-state index in [0.29, 0.717) is 37.3 Å². The first-order valence-corrected chi connectivity index (χ1v) is 18.2. The van der Waals surface area contributed by atoms with Crippen LogP contribution in [0.5, 0.6) is 17.2 Å². The van der Waals surface area contributed by atoms with Crippen LogP contribution in [0.1, 0.15) is 16.7 Å². The fourth-order valence-electron chi connectivity index (χ4n) is 5.59. The Balaban J connectivity index is 1.05. The largest absolute Gasteiger partial charge is 0.497 e. The second-order valence-corrected chi connectivity index (χ2v) is 13.8. The summed E-state index contributed by atoms with van der Waals surface area (Å²) in [6.45, 7) is 0.287. The molecule has 0 spiro atoms. The van der Waals surface area contributed by atoms with Gasteiger partial charge >= 0.3 is 0 Å². The van der Waals surface area contributed by atoms with Crippen molar-refractivity contribution in [3.05, 3.63) is 154 Å². The van der Waals surface area contributed by atoms with Gasteiger partial charge in [-0.25, -0.2) is 4.99 Å². The number of hydrogen-bond acceptors (Lipinski definition) is 9. The van der Waals surface area contributed by atoms with Gasteiger partial charge in [-0.05, 0) is 125 Å². The van der Waals surface area contributed by atoms with Crippen molar-refractivity contribution < 1.29 is 23.8 Å². The second kappa shape index (κ2) is 16.1. The summed E-state index contributed by atoms with van der Waals surface area (Å²) in [5.74, 6) is 1.87. The zero-order valence-corrected chi connectivity index (χ0v) is 30.8. The monoisotopic (exact) mass is 738 g/mol. The van der Waals surface area contributed by atoms with Crippen LogP contribution in [0.2, 0.25) is 0 Å². The quantitative estimate of drug-likeness (QED) is 0.132. The number of anilines is 2. The maximum absolute atomic E-state index is 13.7. The summed E-state index contributed by atoms with van der Waals surface area (Å²) in [5.41, 5.74) is 4.80. The lowest BCUT2D eigenvalue weighted by atomic mass is 10.2. The molecule has 0 unspecified atom stereocenters. The van der Waals surface area contributed by atoms with E-state index in [0.717, 1.165) is 33.9 Å². The molecule has 2 heterocycles. The van der Waals surface area contributed by atoms with E-state index < -0.39 is 0 Å². The number of amidine groups is 2. The molecule has 5 aromatic rings. The lowest BCUT2D eigenvalue weighted by molar-refractivity contribution is -0.114. The van der Waals surface area contributed by atoms with Gasteiger partial charge in [-0.2, -0.15) is 0 Å². The van der Waals surface area contributed by atoms with Crippen LogP contribution in [0.3, 0.4) is 0 Å². The number of thioether (sulfide) groups is 2. The highest BCUT2D eigenvalue weighted by atomic mass is 32.2. The van der Waals surface area contributed by atoms with E-state index >= 15 is 0 Å². The lowest BCUT2D eigenvalue weighted by Gasteiger charge is -2.16. The number of ether oxygens (including phenoxy) is 3. The number of rotatable bonds is 10. The number of nitrogens with zero attached hydrogens (tertiary/aromatic N) is 4. The molecule has 0 N–H and O–H groups in total. The predicted molar refractivity (Wildman–Crippen MR) is 216 cm³/mol. The minimum Gasteiger partial charge on any atom is -0.497 e. The molecule has 0 aromatic heterocycles. The molecule has 0 bridgehead atoms. The van der Waals surface area contributed by atoms with Crippen LogP contribution in [0.15, 0.2) is 147 Å². The van der Waals surface area contributed by atoms with Crippen molar-refractivity contribution in [1.29, 1.82) is 0 Å². The van der Waals surface area contributed by atoms with Crippen LogP contribution >= 0.6 is 23.5 Å². The van der Waals surface area contributed by atoms with Gasteiger partial charge in [0.25, 0.3) is 11.8 Å². The van der Waals surface area contributed by atoms with Crippen LogP contribution in [-0.4, -0.2) is 43.4 Å². The second-order valence-electron chi connectivity index (χ2n) is 11.7. The molecular formula is C42H34N4O5S2. The number of carbonyl (C=O) groups excluding carboxylic acids is 2. The van der Waals surface area contributed by atoms with E-state index in [1.807, 2.05) is 140 Å². The van der Waals surface area contributed by atoms with Gasteiger partial charge < -0.3 is 14.2 Å². The van der Waals surface area contributed by atoms with Gasteiger partial charge in [0, 0.05) is 7.05 Å². The molecule has 0 aliphatic carbocycles. The molecule has 2 fully saturated rings. The molecule has 2 aliphatic rings. The van der Waals surface area contributed by atoms with Gasteiger partial charge in [-0.1, -0.05) is 54.6 Å². The third kappa shape index (κ3) is 8.06. The maximum Gasteiger partial charge on any atom is 0.271 e. The van der Waals surface area contributed by atoms with Crippen LogP contribution in [0.4, 0.5) is 17.1 Å².